The summed E-state index contributed by atoms with van der Waals surface area (Å²) in [6.45, 7) is 0. The van der Waals surface area contributed by atoms with Crippen molar-refractivity contribution in [2.45, 2.75) is 43.9 Å². The van der Waals surface area contributed by atoms with Gasteiger partial charge in [0.05, 0.1) is 31.9 Å². The minimum absolute atomic E-state index is 0.0394. The lowest BCUT2D eigenvalue weighted by molar-refractivity contribution is -0.931. The van der Waals surface area contributed by atoms with Gasteiger partial charge in [0.15, 0.2) is 0 Å². The molecule has 5 heteroatoms. The Morgan fingerprint density at radius 1 is 1.12 bits per heavy atom. The smallest absolute Gasteiger partial charge is 0.411 e. The van der Waals surface area contributed by atoms with Gasteiger partial charge in [-0.3, -0.25) is 5.32 Å². The zero-order valence-corrected chi connectivity index (χ0v) is 15.6. The van der Waals surface area contributed by atoms with Crippen LogP contribution in [0, 0.1) is 0 Å². The first-order valence-corrected chi connectivity index (χ1v) is 9.86. The predicted molar refractivity (Wildman–Crippen MR) is 102 cm³/mol. The van der Waals surface area contributed by atoms with E-state index in [1.54, 1.807) is 11.3 Å². The van der Waals surface area contributed by atoms with Gasteiger partial charge in [-0.15, -0.1) is 11.3 Å². The SMILES string of the molecule is C[N+]1(C)C2CCC1CC(OC(=O)Nc1ccccc1-c1cccs1)C2. The van der Waals surface area contributed by atoms with Gasteiger partial charge in [-0.1, -0.05) is 24.3 Å². The maximum absolute atomic E-state index is 12.5. The number of rotatable bonds is 3. The van der Waals surface area contributed by atoms with Crippen LogP contribution in [0.4, 0.5) is 10.5 Å². The molecule has 0 saturated carbocycles. The average molecular weight is 357 g/mol. The van der Waals surface area contributed by atoms with Gasteiger partial charge >= 0.3 is 6.09 Å². The summed E-state index contributed by atoms with van der Waals surface area (Å²) in [5.41, 5.74) is 1.85. The Morgan fingerprint density at radius 2 is 1.84 bits per heavy atom. The number of fused-ring (bicyclic) bond motifs is 2. The number of carbonyl (C=O) groups excluding carboxylic acids is 1. The fourth-order valence-electron chi connectivity index (χ4n) is 4.46. The van der Waals surface area contributed by atoms with Gasteiger partial charge in [-0.2, -0.15) is 0 Å². The second kappa shape index (κ2) is 6.46. The summed E-state index contributed by atoms with van der Waals surface area (Å²) in [4.78, 5) is 13.6. The normalized spacial score (nSPS) is 27.0. The first-order valence-electron chi connectivity index (χ1n) is 8.98. The highest BCUT2D eigenvalue weighted by atomic mass is 32.1. The van der Waals surface area contributed by atoms with Crippen molar-refractivity contribution in [2.24, 2.45) is 0 Å². The summed E-state index contributed by atoms with van der Waals surface area (Å²) >= 11 is 1.67. The number of carbonyl (C=O) groups is 1. The number of benzene rings is 1. The first-order chi connectivity index (χ1) is 12.0. The quantitative estimate of drug-likeness (QED) is 0.806. The summed E-state index contributed by atoms with van der Waals surface area (Å²) < 4.78 is 6.87. The molecule has 2 saturated heterocycles. The van der Waals surface area contributed by atoms with Crippen LogP contribution < -0.4 is 5.32 Å². The van der Waals surface area contributed by atoms with E-state index in [0.29, 0.717) is 12.1 Å². The standard InChI is InChI=1S/C20H24N2O2S/c1-22(2)14-9-10-15(22)13-16(12-14)24-20(23)21-18-7-4-3-6-17(18)19-8-5-11-25-19/h3-8,11,14-16H,9-10,12-13H2,1-2H3/p+1. The third-order valence-electron chi connectivity index (χ3n) is 6.01. The lowest BCUT2D eigenvalue weighted by Crippen LogP contribution is -2.56. The highest BCUT2D eigenvalue weighted by molar-refractivity contribution is 7.13. The number of para-hydroxylation sites is 1. The van der Waals surface area contributed by atoms with Crippen molar-refractivity contribution in [3.63, 3.8) is 0 Å². The Balaban J connectivity index is 1.43. The highest BCUT2D eigenvalue weighted by Gasteiger charge is 2.49. The van der Waals surface area contributed by atoms with E-state index in [2.05, 4.69) is 25.5 Å². The van der Waals surface area contributed by atoms with Crippen molar-refractivity contribution < 1.29 is 14.0 Å². The van der Waals surface area contributed by atoms with E-state index in [1.165, 1.54) is 12.8 Å². The summed E-state index contributed by atoms with van der Waals surface area (Å²) in [6.07, 6.45) is 4.16. The van der Waals surface area contributed by atoms with Crippen LogP contribution in [0.2, 0.25) is 0 Å². The molecule has 132 valence electrons. The topological polar surface area (TPSA) is 38.3 Å². The number of nitrogens with zero attached hydrogens (tertiary/aromatic N) is 1. The van der Waals surface area contributed by atoms with E-state index in [0.717, 1.165) is 33.5 Å². The average Bonchev–Trinajstić information content (AvgIpc) is 3.12. The molecule has 4 rings (SSSR count). The Morgan fingerprint density at radius 3 is 2.52 bits per heavy atom. The highest BCUT2D eigenvalue weighted by Crippen LogP contribution is 2.40. The second-order valence-corrected chi connectivity index (χ2v) is 8.61. The van der Waals surface area contributed by atoms with Crippen LogP contribution in [-0.4, -0.2) is 42.9 Å². The molecule has 2 aliphatic heterocycles. The molecule has 1 N–H and O–H groups in total. The number of ether oxygens (including phenoxy) is 1. The number of thiophene rings is 1. The third-order valence-corrected chi connectivity index (χ3v) is 6.91. The number of amides is 1. The maximum Gasteiger partial charge on any atom is 0.411 e. The molecule has 1 amide bonds. The van der Waals surface area contributed by atoms with Gasteiger partial charge in [0, 0.05) is 36.1 Å². The third kappa shape index (κ3) is 3.18. The van der Waals surface area contributed by atoms with Crippen molar-refractivity contribution in [1.29, 1.82) is 0 Å². The molecule has 4 nitrogen and oxygen atoms in total. The largest absolute Gasteiger partial charge is 0.445 e. The fraction of sp³-hybridized carbons (Fsp3) is 0.450. The minimum Gasteiger partial charge on any atom is -0.445 e. The van der Waals surface area contributed by atoms with Crippen LogP contribution in [0.25, 0.3) is 10.4 Å². The number of hydrogen-bond donors (Lipinski definition) is 1. The molecule has 25 heavy (non-hydrogen) atoms. The Kier molecular flexibility index (Phi) is 4.29. The van der Waals surface area contributed by atoms with E-state index < -0.39 is 0 Å². The van der Waals surface area contributed by atoms with Gasteiger partial charge in [0.25, 0.3) is 0 Å². The molecule has 2 unspecified atom stereocenters. The van der Waals surface area contributed by atoms with Crippen molar-refractivity contribution in [3.8, 4) is 10.4 Å². The molecule has 2 fully saturated rings. The van der Waals surface area contributed by atoms with E-state index in [9.17, 15) is 4.79 Å². The summed E-state index contributed by atoms with van der Waals surface area (Å²) in [5, 5.41) is 5.00. The molecule has 0 spiro atoms. The number of piperidine rings is 1. The van der Waals surface area contributed by atoms with Gasteiger partial charge in [0.1, 0.15) is 6.10 Å². The van der Waals surface area contributed by atoms with Crippen LogP contribution in [0.5, 0.6) is 0 Å². The van der Waals surface area contributed by atoms with Gasteiger partial charge in [-0.05, 0) is 17.5 Å². The molecule has 2 atom stereocenters. The van der Waals surface area contributed by atoms with E-state index in [-0.39, 0.29) is 12.2 Å². The molecule has 3 heterocycles. The molecule has 2 bridgehead atoms. The van der Waals surface area contributed by atoms with Crippen LogP contribution >= 0.6 is 11.3 Å². The van der Waals surface area contributed by atoms with E-state index in [4.69, 9.17) is 4.74 Å². The Bertz CT molecular complexity index is 741. The van der Waals surface area contributed by atoms with Crippen molar-refractivity contribution in [1.82, 2.24) is 0 Å². The molecular weight excluding hydrogens is 332 g/mol. The molecule has 2 aromatic rings. The van der Waals surface area contributed by atoms with Crippen molar-refractivity contribution in [2.75, 3.05) is 19.4 Å². The Labute approximate surface area is 153 Å². The summed E-state index contributed by atoms with van der Waals surface area (Å²) in [5.74, 6) is 0. The van der Waals surface area contributed by atoms with Crippen molar-refractivity contribution in [3.05, 3.63) is 41.8 Å². The van der Waals surface area contributed by atoms with Crippen LogP contribution in [0.3, 0.4) is 0 Å². The molecule has 0 radical (unpaired) electrons. The zero-order valence-electron chi connectivity index (χ0n) is 14.8. The van der Waals surface area contributed by atoms with Gasteiger partial charge < -0.3 is 9.22 Å². The monoisotopic (exact) mass is 357 g/mol. The number of quaternary nitrogens is 1. The Hall–Kier alpha value is -1.85. The lowest BCUT2D eigenvalue weighted by atomic mass is 9.98. The predicted octanol–water partition coefficient (Wildman–Crippen LogP) is 4.73. The number of hydrogen-bond acceptors (Lipinski definition) is 3. The lowest BCUT2D eigenvalue weighted by Gasteiger charge is -2.43. The minimum atomic E-state index is -0.333. The van der Waals surface area contributed by atoms with Crippen molar-refractivity contribution >= 4 is 23.1 Å². The first kappa shape index (κ1) is 16.6. The maximum atomic E-state index is 12.5. The summed E-state index contributed by atoms with van der Waals surface area (Å²) in [7, 11) is 4.63. The van der Waals surface area contributed by atoms with E-state index in [1.807, 2.05) is 35.7 Å². The number of nitrogens with one attached hydrogen (secondary N) is 1. The molecule has 1 aromatic heterocycles. The van der Waals surface area contributed by atoms with Crippen LogP contribution in [-0.2, 0) is 4.74 Å². The second-order valence-electron chi connectivity index (χ2n) is 7.66. The van der Waals surface area contributed by atoms with Gasteiger partial charge in [-0.25, -0.2) is 4.79 Å². The number of anilines is 1. The summed E-state index contributed by atoms with van der Waals surface area (Å²) in [6, 6.07) is 13.2. The zero-order chi connectivity index (χ0) is 17.4. The van der Waals surface area contributed by atoms with Crippen LogP contribution in [0.15, 0.2) is 41.8 Å². The molecule has 1 aromatic carbocycles. The van der Waals surface area contributed by atoms with Crippen LogP contribution in [0.1, 0.15) is 25.7 Å². The molecule has 2 aliphatic rings. The fourth-order valence-corrected chi connectivity index (χ4v) is 5.22. The molecular formula is C20H25N2O2S+. The van der Waals surface area contributed by atoms with E-state index >= 15 is 0 Å². The van der Waals surface area contributed by atoms with Gasteiger partial charge in [0.2, 0.25) is 0 Å². The molecule has 0 aliphatic carbocycles.